The van der Waals surface area contributed by atoms with E-state index in [4.69, 9.17) is 5.14 Å². The minimum Gasteiger partial charge on any atom is -0.224 e. The lowest BCUT2D eigenvalue weighted by atomic mass is 10.0. The van der Waals surface area contributed by atoms with Crippen LogP contribution in [0.1, 0.15) is 24.8 Å². The Bertz CT molecular complexity index is 632. The fourth-order valence-electron chi connectivity index (χ4n) is 1.67. The van der Waals surface area contributed by atoms with Crippen LogP contribution in [0, 0.1) is 0 Å². The van der Waals surface area contributed by atoms with E-state index in [1.807, 2.05) is 6.92 Å². The molecule has 1 aliphatic rings. The number of fused-ring (bicyclic) bond motifs is 1. The van der Waals surface area contributed by atoms with Gasteiger partial charge in [0.1, 0.15) is 8.42 Å². The van der Waals surface area contributed by atoms with Crippen LogP contribution in [-0.2, 0) is 19.9 Å². The first-order chi connectivity index (χ1) is 7.22. The van der Waals surface area contributed by atoms with E-state index >= 15 is 0 Å². The van der Waals surface area contributed by atoms with Gasteiger partial charge in [0.15, 0.2) is 9.84 Å². The molecule has 5 nitrogen and oxygen atoms in total. The summed E-state index contributed by atoms with van der Waals surface area (Å²) in [6.07, 6.45) is 0.524. The molecule has 2 heterocycles. The summed E-state index contributed by atoms with van der Waals surface area (Å²) in [4.78, 5) is 0. The minimum absolute atomic E-state index is 0. The second-order valence-corrected chi connectivity index (χ2v) is 9.01. The van der Waals surface area contributed by atoms with Crippen LogP contribution in [0.5, 0.6) is 0 Å². The third-order valence-corrected chi connectivity index (χ3v) is 7.57. The molecule has 0 aliphatic carbocycles. The molecular formula is C8H12ClNO4S3. The van der Waals surface area contributed by atoms with E-state index in [9.17, 15) is 16.8 Å². The van der Waals surface area contributed by atoms with Gasteiger partial charge in [-0.05, 0) is 24.0 Å². The lowest BCUT2D eigenvalue weighted by Gasteiger charge is -2.17. The van der Waals surface area contributed by atoms with Crippen molar-refractivity contribution in [3.8, 4) is 0 Å². The second kappa shape index (κ2) is 4.51. The molecule has 0 spiro atoms. The molecular weight excluding hydrogens is 306 g/mol. The molecule has 17 heavy (non-hydrogen) atoms. The first-order valence-electron chi connectivity index (χ1n) is 4.61. The molecule has 9 heteroatoms. The predicted octanol–water partition coefficient (Wildman–Crippen LogP) is 1.10. The van der Waals surface area contributed by atoms with E-state index in [0.717, 1.165) is 11.3 Å². The summed E-state index contributed by atoms with van der Waals surface area (Å²) >= 11 is 0.752. The molecule has 98 valence electrons. The number of hydrogen-bond acceptors (Lipinski definition) is 5. The van der Waals surface area contributed by atoms with Gasteiger partial charge >= 0.3 is 0 Å². The van der Waals surface area contributed by atoms with Crippen molar-refractivity contribution in [2.24, 2.45) is 5.14 Å². The predicted molar refractivity (Wildman–Crippen MR) is 68.0 cm³/mol. The van der Waals surface area contributed by atoms with Crippen molar-refractivity contribution in [2.45, 2.75) is 27.7 Å². The number of sulfonamides is 1. The Kier molecular flexibility index (Phi) is 3.95. The highest BCUT2D eigenvalue weighted by Gasteiger charge is 2.32. The van der Waals surface area contributed by atoms with Crippen LogP contribution in [0.25, 0.3) is 0 Å². The smallest absolute Gasteiger partial charge is 0.224 e. The Balaban J connectivity index is 0.00000144. The average Bonchev–Trinajstić information content (AvgIpc) is 2.57. The fourth-order valence-corrected chi connectivity index (χ4v) is 6.08. The van der Waals surface area contributed by atoms with Crippen LogP contribution in [0.2, 0.25) is 0 Å². The molecule has 0 amide bonds. The van der Waals surface area contributed by atoms with Gasteiger partial charge in [-0.2, -0.15) is 0 Å². The fraction of sp³-hybridized carbons (Fsp3) is 0.500. The standard InChI is InChI=1S/C8H11NO4S3.ClH/c1-5-2-3-15(10,11)8-6(5)4-7(14-8)16(9,12)13;/h4-5H,2-3H2,1H3,(H2,9,12,13);1H/t5-;/m0./s1. The van der Waals surface area contributed by atoms with Crippen LogP contribution >= 0.6 is 23.7 Å². The summed E-state index contributed by atoms with van der Waals surface area (Å²) in [5.41, 5.74) is 0.584. The summed E-state index contributed by atoms with van der Waals surface area (Å²) in [5.74, 6) is 0.136. The van der Waals surface area contributed by atoms with Crippen LogP contribution in [0.3, 0.4) is 0 Å². The van der Waals surface area contributed by atoms with Gasteiger partial charge in [-0.1, -0.05) is 6.92 Å². The van der Waals surface area contributed by atoms with Crippen molar-refractivity contribution in [3.63, 3.8) is 0 Å². The Labute approximate surface area is 110 Å². The number of sulfone groups is 1. The molecule has 0 radical (unpaired) electrons. The van der Waals surface area contributed by atoms with Crippen LogP contribution in [0.15, 0.2) is 14.5 Å². The summed E-state index contributed by atoms with van der Waals surface area (Å²) in [6.45, 7) is 1.88. The lowest BCUT2D eigenvalue weighted by molar-refractivity contribution is 0.577. The number of primary sulfonamides is 1. The molecule has 0 unspecified atom stereocenters. The molecule has 0 bridgehead atoms. The maximum absolute atomic E-state index is 11.7. The third-order valence-electron chi connectivity index (χ3n) is 2.62. The Morgan fingerprint density at radius 2 is 2.06 bits per heavy atom. The highest BCUT2D eigenvalue weighted by molar-refractivity contribution is 7.95. The van der Waals surface area contributed by atoms with Crippen molar-refractivity contribution < 1.29 is 16.8 Å². The first-order valence-corrected chi connectivity index (χ1v) is 8.62. The minimum atomic E-state index is -3.82. The zero-order chi connectivity index (χ0) is 12.1. The number of nitrogens with two attached hydrogens (primary N) is 1. The van der Waals surface area contributed by atoms with Gasteiger partial charge in [0.2, 0.25) is 10.0 Å². The number of halogens is 1. The van der Waals surface area contributed by atoms with Crippen molar-refractivity contribution in [3.05, 3.63) is 11.6 Å². The number of thiophene rings is 1. The topological polar surface area (TPSA) is 94.3 Å². The molecule has 2 rings (SSSR count). The Morgan fingerprint density at radius 3 is 2.53 bits per heavy atom. The molecule has 1 aromatic rings. The maximum Gasteiger partial charge on any atom is 0.247 e. The van der Waals surface area contributed by atoms with Crippen molar-refractivity contribution in [1.82, 2.24) is 0 Å². The van der Waals surface area contributed by atoms with Gasteiger partial charge in [0.05, 0.1) is 5.75 Å². The van der Waals surface area contributed by atoms with E-state index in [0.29, 0.717) is 12.0 Å². The summed E-state index contributed by atoms with van der Waals surface area (Å²) < 4.78 is 45.9. The van der Waals surface area contributed by atoms with E-state index in [1.165, 1.54) is 6.07 Å². The largest absolute Gasteiger partial charge is 0.247 e. The van der Waals surface area contributed by atoms with Gasteiger partial charge in [0.25, 0.3) is 0 Å². The van der Waals surface area contributed by atoms with Crippen molar-refractivity contribution in [2.75, 3.05) is 5.75 Å². The van der Waals surface area contributed by atoms with E-state index < -0.39 is 19.9 Å². The molecule has 1 aromatic heterocycles. The highest BCUT2D eigenvalue weighted by atomic mass is 35.5. The lowest BCUT2D eigenvalue weighted by Crippen LogP contribution is -2.16. The Hall–Kier alpha value is -0.150. The van der Waals surface area contributed by atoms with E-state index in [2.05, 4.69) is 0 Å². The molecule has 0 saturated carbocycles. The highest BCUT2D eigenvalue weighted by Crippen LogP contribution is 2.40. The SMILES string of the molecule is C[C@H]1CCS(=O)(=O)c2sc(S(N)(=O)=O)cc21.Cl. The zero-order valence-corrected chi connectivity index (χ0v) is 12.2. The first kappa shape index (κ1) is 14.9. The normalized spacial score (nSPS) is 22.6. The Morgan fingerprint density at radius 1 is 1.47 bits per heavy atom. The van der Waals surface area contributed by atoms with Crippen molar-refractivity contribution >= 4 is 43.6 Å². The summed E-state index contributed by atoms with van der Waals surface area (Å²) in [7, 11) is -7.13. The number of hydrogen-bond donors (Lipinski definition) is 1. The quantitative estimate of drug-likeness (QED) is 0.839. The second-order valence-electron chi connectivity index (χ2n) is 3.86. The molecule has 0 aromatic carbocycles. The van der Waals surface area contributed by atoms with Crippen LogP contribution in [0.4, 0.5) is 0 Å². The van der Waals surface area contributed by atoms with Gasteiger partial charge in [0, 0.05) is 0 Å². The van der Waals surface area contributed by atoms with Crippen LogP contribution < -0.4 is 5.14 Å². The van der Waals surface area contributed by atoms with Gasteiger partial charge in [-0.15, -0.1) is 23.7 Å². The monoisotopic (exact) mass is 317 g/mol. The van der Waals surface area contributed by atoms with E-state index in [-0.39, 0.29) is 32.5 Å². The molecule has 0 fully saturated rings. The van der Waals surface area contributed by atoms with Crippen LogP contribution in [-0.4, -0.2) is 22.6 Å². The summed E-state index contributed by atoms with van der Waals surface area (Å²) in [6, 6.07) is 1.39. The molecule has 1 aliphatic heterocycles. The van der Waals surface area contributed by atoms with Crippen molar-refractivity contribution in [1.29, 1.82) is 0 Å². The average molecular weight is 318 g/mol. The van der Waals surface area contributed by atoms with E-state index in [1.54, 1.807) is 0 Å². The molecule has 0 saturated heterocycles. The molecule has 1 atom stereocenters. The zero-order valence-electron chi connectivity index (χ0n) is 8.91. The van der Waals surface area contributed by atoms with Gasteiger partial charge in [-0.3, -0.25) is 0 Å². The maximum atomic E-state index is 11.7. The number of rotatable bonds is 1. The van der Waals surface area contributed by atoms with Gasteiger partial charge < -0.3 is 0 Å². The third kappa shape index (κ3) is 2.65. The summed E-state index contributed by atoms with van der Waals surface area (Å²) in [5, 5.41) is 4.99. The van der Waals surface area contributed by atoms with Gasteiger partial charge in [-0.25, -0.2) is 22.0 Å². The molecule has 2 N–H and O–H groups in total.